The highest BCUT2D eigenvalue weighted by Gasteiger charge is 2.31. The number of benzene rings is 1. The van der Waals surface area contributed by atoms with Crippen molar-refractivity contribution in [1.82, 2.24) is 0 Å². The van der Waals surface area contributed by atoms with E-state index in [4.69, 9.17) is 4.74 Å². The van der Waals surface area contributed by atoms with Crippen molar-refractivity contribution in [2.24, 2.45) is 11.8 Å². The molecule has 0 amide bonds. The highest BCUT2D eigenvalue weighted by atomic mass is 16.5. The van der Waals surface area contributed by atoms with Crippen molar-refractivity contribution in [3.63, 3.8) is 0 Å². The molecule has 6 nitrogen and oxygen atoms in total. The zero-order valence-corrected chi connectivity index (χ0v) is 23.5. The van der Waals surface area contributed by atoms with E-state index in [1.54, 1.807) is 44.2 Å². The van der Waals surface area contributed by atoms with Crippen molar-refractivity contribution in [1.29, 1.82) is 0 Å². The molecule has 1 aliphatic rings. The van der Waals surface area contributed by atoms with Crippen LogP contribution in [0.2, 0.25) is 0 Å². The van der Waals surface area contributed by atoms with Crippen LogP contribution in [-0.4, -0.2) is 44.7 Å². The van der Waals surface area contributed by atoms with E-state index in [-0.39, 0.29) is 18.1 Å². The normalized spacial score (nSPS) is 31.9. The molecule has 39 heavy (non-hydrogen) atoms. The molecule has 1 aliphatic heterocycles. The summed E-state index contributed by atoms with van der Waals surface area (Å²) in [5.74, 6) is -0.830. The van der Waals surface area contributed by atoms with Crippen molar-refractivity contribution in [2.75, 3.05) is 0 Å². The lowest BCUT2D eigenvalue weighted by molar-refractivity contribution is -0.151. The van der Waals surface area contributed by atoms with Crippen molar-refractivity contribution >= 4 is 5.97 Å². The van der Waals surface area contributed by atoms with Gasteiger partial charge in [0.15, 0.2) is 0 Å². The number of aliphatic hydroxyl groups is 3. The van der Waals surface area contributed by atoms with Gasteiger partial charge in [0.2, 0.25) is 0 Å². The van der Waals surface area contributed by atoms with E-state index in [1.807, 2.05) is 49.5 Å². The number of rotatable bonds is 3. The SMILES string of the molecule is C/C1=C/C=C/C=C/C=C/C[C@H](O)/C(C)=C/C=C/[C@H](C)CC[C@H](O)C[C@@H]([C@H](C)[C@@H](O)c2cccc(O)c2)OC1=O. The number of phenolic OH excluding ortho intramolecular Hbond substituents is 1. The molecule has 1 heterocycles. The van der Waals surface area contributed by atoms with E-state index in [0.29, 0.717) is 24.0 Å². The van der Waals surface area contributed by atoms with Crippen LogP contribution in [-0.2, 0) is 9.53 Å². The molecule has 2 rings (SSSR count). The monoisotopic (exact) mass is 536 g/mol. The minimum Gasteiger partial charge on any atom is -0.508 e. The van der Waals surface area contributed by atoms with E-state index in [9.17, 15) is 25.2 Å². The number of hydrogen-bond donors (Lipinski definition) is 4. The van der Waals surface area contributed by atoms with Gasteiger partial charge in [-0.1, -0.05) is 86.7 Å². The third-order valence-electron chi connectivity index (χ3n) is 6.95. The maximum atomic E-state index is 12.9. The molecule has 1 aromatic rings. The summed E-state index contributed by atoms with van der Waals surface area (Å²) < 4.78 is 5.83. The molecule has 4 N–H and O–H groups in total. The number of phenols is 1. The van der Waals surface area contributed by atoms with E-state index in [0.717, 1.165) is 12.0 Å². The zero-order valence-electron chi connectivity index (χ0n) is 23.5. The Hall–Kier alpha value is -3.19. The van der Waals surface area contributed by atoms with Crippen LogP contribution in [0, 0.1) is 11.8 Å². The second-order valence-electron chi connectivity index (χ2n) is 10.4. The van der Waals surface area contributed by atoms with Crippen LogP contribution >= 0.6 is 0 Å². The van der Waals surface area contributed by atoms with E-state index >= 15 is 0 Å². The smallest absolute Gasteiger partial charge is 0.333 e. The fourth-order valence-electron chi connectivity index (χ4n) is 4.19. The standard InChI is InChI=1S/C33H44O6/c1-23-13-11-15-24(2)30(36)18-10-8-6-5-7-9-14-25(3)33(38)39-31(22-29(35)20-19-23)26(4)32(37)27-16-12-17-28(34)21-27/h5-17,21,23,26,29-32,34-37H,18-20,22H2,1-4H3/b6-5+,9-7+,10-8+,13-11+,24-15+,25-14-/t23-,26-,29-,30-,31-,32+/m0/s1. The molecule has 0 saturated carbocycles. The van der Waals surface area contributed by atoms with Gasteiger partial charge >= 0.3 is 5.97 Å². The fourth-order valence-corrected chi connectivity index (χ4v) is 4.19. The molecular weight excluding hydrogens is 492 g/mol. The zero-order chi connectivity index (χ0) is 28.8. The second kappa shape index (κ2) is 16.7. The van der Waals surface area contributed by atoms with Crippen LogP contribution < -0.4 is 0 Å². The summed E-state index contributed by atoms with van der Waals surface area (Å²) >= 11 is 0. The van der Waals surface area contributed by atoms with Gasteiger partial charge in [0.25, 0.3) is 0 Å². The molecule has 1 aromatic carbocycles. The maximum absolute atomic E-state index is 12.9. The van der Waals surface area contributed by atoms with Gasteiger partial charge in [0, 0.05) is 17.9 Å². The predicted molar refractivity (Wildman–Crippen MR) is 156 cm³/mol. The Morgan fingerprint density at radius 3 is 2.44 bits per heavy atom. The topological polar surface area (TPSA) is 107 Å². The van der Waals surface area contributed by atoms with Crippen LogP contribution in [0.3, 0.4) is 0 Å². The molecule has 6 heteroatoms. The summed E-state index contributed by atoms with van der Waals surface area (Å²) in [6.07, 6.45) is 17.3. The van der Waals surface area contributed by atoms with E-state index < -0.39 is 36.3 Å². The lowest BCUT2D eigenvalue weighted by atomic mass is 9.88. The molecule has 0 spiro atoms. The highest BCUT2D eigenvalue weighted by Crippen LogP contribution is 2.31. The van der Waals surface area contributed by atoms with Gasteiger partial charge in [-0.25, -0.2) is 4.79 Å². The first-order valence-electron chi connectivity index (χ1n) is 13.6. The second-order valence-corrected chi connectivity index (χ2v) is 10.4. The number of aromatic hydroxyl groups is 1. The summed E-state index contributed by atoms with van der Waals surface area (Å²) in [5, 5.41) is 42.1. The van der Waals surface area contributed by atoms with Crippen LogP contribution in [0.1, 0.15) is 65.0 Å². The van der Waals surface area contributed by atoms with Crippen LogP contribution in [0.25, 0.3) is 0 Å². The fraction of sp³-hybridized carbons (Fsp3) is 0.424. The number of allylic oxidation sites excluding steroid dienone is 9. The number of carbonyl (C=O) groups excluding carboxylic acids is 1. The number of ether oxygens (including phenoxy) is 1. The van der Waals surface area contributed by atoms with Gasteiger partial charge in [-0.15, -0.1) is 0 Å². The molecule has 212 valence electrons. The predicted octanol–water partition coefficient (Wildman–Crippen LogP) is 6.02. The van der Waals surface area contributed by atoms with Crippen molar-refractivity contribution in [3.05, 3.63) is 102 Å². The number of carbonyl (C=O) groups is 1. The van der Waals surface area contributed by atoms with Crippen molar-refractivity contribution in [3.8, 4) is 5.75 Å². The van der Waals surface area contributed by atoms with Crippen LogP contribution in [0.15, 0.2) is 96.2 Å². The first-order valence-corrected chi connectivity index (χ1v) is 13.6. The van der Waals surface area contributed by atoms with Crippen molar-refractivity contribution < 1.29 is 30.0 Å². The summed E-state index contributed by atoms with van der Waals surface area (Å²) in [5.41, 5.74) is 1.77. The summed E-state index contributed by atoms with van der Waals surface area (Å²) in [6.45, 7) is 7.39. The van der Waals surface area contributed by atoms with Gasteiger partial charge in [-0.3, -0.25) is 0 Å². The molecule has 0 radical (unpaired) electrons. The Labute approximate surface area is 233 Å². The molecular formula is C33H44O6. The molecule has 0 aliphatic carbocycles. The highest BCUT2D eigenvalue weighted by molar-refractivity contribution is 5.88. The summed E-state index contributed by atoms with van der Waals surface area (Å²) in [7, 11) is 0. The molecule has 0 saturated heterocycles. The largest absolute Gasteiger partial charge is 0.508 e. The third-order valence-corrected chi connectivity index (χ3v) is 6.95. The molecule has 0 fully saturated rings. The minimum absolute atomic E-state index is 0.0370. The quantitative estimate of drug-likeness (QED) is 0.352. The molecule has 0 aromatic heterocycles. The average molecular weight is 537 g/mol. The van der Waals surface area contributed by atoms with E-state index in [2.05, 4.69) is 6.92 Å². The Kier molecular flexibility index (Phi) is 13.7. The number of esters is 1. The lowest BCUT2D eigenvalue weighted by Crippen LogP contribution is -2.33. The molecule has 0 bridgehead atoms. The number of cyclic esters (lactones) is 1. The molecule has 6 atom stereocenters. The van der Waals surface area contributed by atoms with E-state index in [1.165, 1.54) is 12.1 Å². The van der Waals surface area contributed by atoms with Gasteiger partial charge in [0.1, 0.15) is 11.9 Å². The Bertz CT molecular complexity index is 1090. The average Bonchev–Trinajstić information content (AvgIpc) is 2.91. The Balaban J connectivity index is 2.28. The lowest BCUT2D eigenvalue weighted by Gasteiger charge is -2.30. The number of hydrogen-bond acceptors (Lipinski definition) is 6. The number of aliphatic hydroxyl groups excluding tert-OH is 3. The van der Waals surface area contributed by atoms with Gasteiger partial charge < -0.3 is 25.2 Å². The minimum atomic E-state index is -1.00. The van der Waals surface area contributed by atoms with Gasteiger partial charge in [0.05, 0.1) is 18.3 Å². The summed E-state index contributed by atoms with van der Waals surface area (Å²) in [6, 6.07) is 6.36. The first-order chi connectivity index (χ1) is 18.6. The van der Waals surface area contributed by atoms with Gasteiger partial charge in [-0.2, -0.15) is 0 Å². The van der Waals surface area contributed by atoms with Crippen LogP contribution in [0.4, 0.5) is 0 Å². The third kappa shape index (κ3) is 11.6. The summed E-state index contributed by atoms with van der Waals surface area (Å²) in [4.78, 5) is 12.9. The molecule has 0 unspecified atom stereocenters. The van der Waals surface area contributed by atoms with Gasteiger partial charge in [-0.05, 0) is 62.3 Å². The first kappa shape index (κ1) is 32.0. The van der Waals surface area contributed by atoms with Crippen molar-refractivity contribution in [2.45, 2.75) is 77.8 Å². The van der Waals surface area contributed by atoms with Crippen LogP contribution in [0.5, 0.6) is 5.75 Å². The Morgan fingerprint density at radius 1 is 0.974 bits per heavy atom. The maximum Gasteiger partial charge on any atom is 0.333 e. The Morgan fingerprint density at radius 2 is 1.69 bits per heavy atom.